The molecule has 0 aliphatic carbocycles. The number of methoxy groups -OCH3 is 1. The highest BCUT2D eigenvalue weighted by Gasteiger charge is 2.42. The maximum atomic E-state index is 13.6. The van der Waals surface area contributed by atoms with Crippen molar-refractivity contribution in [1.82, 2.24) is 15.1 Å². The first-order valence-corrected chi connectivity index (χ1v) is 12.8. The molecule has 2 aromatic carbocycles. The Morgan fingerprint density at radius 2 is 1.97 bits per heavy atom. The summed E-state index contributed by atoms with van der Waals surface area (Å²) < 4.78 is 18.8. The number of benzene rings is 2. The van der Waals surface area contributed by atoms with Crippen LogP contribution in [0.1, 0.15) is 27.2 Å². The average Bonchev–Trinajstić information content (AvgIpc) is 3.58. The summed E-state index contributed by atoms with van der Waals surface area (Å²) in [4.78, 5) is 31.8. The molecule has 3 aromatic rings. The van der Waals surface area contributed by atoms with Gasteiger partial charge in [0.15, 0.2) is 0 Å². The smallest absolute Gasteiger partial charge is 0.254 e. The fourth-order valence-electron chi connectivity index (χ4n) is 4.53. The minimum atomic E-state index is -0.626. The van der Waals surface area contributed by atoms with E-state index in [0.717, 1.165) is 5.56 Å². The van der Waals surface area contributed by atoms with Crippen LogP contribution in [0.2, 0.25) is 0 Å². The summed E-state index contributed by atoms with van der Waals surface area (Å²) >= 11 is 1.66. The van der Waals surface area contributed by atoms with Crippen LogP contribution in [-0.4, -0.2) is 60.4 Å². The van der Waals surface area contributed by atoms with E-state index in [1.807, 2.05) is 11.4 Å². The third-order valence-corrected chi connectivity index (χ3v) is 7.22. The van der Waals surface area contributed by atoms with Crippen molar-refractivity contribution in [2.24, 2.45) is 5.73 Å². The van der Waals surface area contributed by atoms with E-state index < -0.39 is 6.04 Å². The molecule has 4 rings (SSSR count). The van der Waals surface area contributed by atoms with Crippen LogP contribution < -0.4 is 15.8 Å². The van der Waals surface area contributed by atoms with Crippen molar-refractivity contribution >= 4 is 23.2 Å². The minimum absolute atomic E-state index is 0.0691. The van der Waals surface area contributed by atoms with Crippen molar-refractivity contribution in [3.05, 3.63) is 87.9 Å². The average molecular weight is 511 g/mol. The molecule has 190 valence electrons. The van der Waals surface area contributed by atoms with Crippen LogP contribution in [0.15, 0.2) is 66.0 Å². The van der Waals surface area contributed by atoms with Gasteiger partial charge in [-0.2, -0.15) is 0 Å². The lowest BCUT2D eigenvalue weighted by molar-refractivity contribution is -0.124. The molecule has 1 aliphatic rings. The van der Waals surface area contributed by atoms with E-state index in [2.05, 4.69) is 16.3 Å². The molecule has 0 saturated carbocycles. The number of nitrogens with zero attached hydrogens (tertiary/aromatic N) is 2. The number of carbonyl (C=O) groups excluding carboxylic acids is 2. The van der Waals surface area contributed by atoms with Gasteiger partial charge in [-0.1, -0.05) is 24.3 Å². The van der Waals surface area contributed by atoms with Crippen molar-refractivity contribution in [3.63, 3.8) is 0 Å². The molecule has 7 nitrogen and oxygen atoms in total. The minimum Gasteiger partial charge on any atom is -0.497 e. The van der Waals surface area contributed by atoms with Gasteiger partial charge in [-0.3, -0.25) is 14.5 Å². The van der Waals surface area contributed by atoms with Gasteiger partial charge in [-0.15, -0.1) is 11.3 Å². The van der Waals surface area contributed by atoms with Gasteiger partial charge in [0, 0.05) is 49.2 Å². The van der Waals surface area contributed by atoms with Gasteiger partial charge in [0.2, 0.25) is 5.91 Å². The number of nitrogens with one attached hydrogen (secondary N) is 1. The molecular weight excluding hydrogens is 479 g/mol. The van der Waals surface area contributed by atoms with E-state index in [0.29, 0.717) is 50.5 Å². The third kappa shape index (κ3) is 6.29. The number of ether oxygens (including phenoxy) is 1. The number of halogens is 1. The Kier molecular flexibility index (Phi) is 8.69. The largest absolute Gasteiger partial charge is 0.497 e. The number of thiophene rings is 1. The molecule has 2 atom stereocenters. The number of hydrogen-bond acceptors (Lipinski definition) is 6. The highest BCUT2D eigenvalue weighted by atomic mass is 32.1. The molecule has 0 bridgehead atoms. The topological polar surface area (TPSA) is 87.9 Å². The number of hydrogen-bond donors (Lipinski definition) is 2. The zero-order valence-corrected chi connectivity index (χ0v) is 21.0. The van der Waals surface area contributed by atoms with Crippen molar-refractivity contribution in [2.75, 3.05) is 26.7 Å². The molecular formula is C27H31FN4O3S. The maximum Gasteiger partial charge on any atom is 0.254 e. The van der Waals surface area contributed by atoms with E-state index >= 15 is 0 Å². The molecule has 1 saturated heterocycles. The van der Waals surface area contributed by atoms with E-state index in [1.54, 1.807) is 59.7 Å². The first-order chi connectivity index (χ1) is 17.5. The standard InChI is InChI=1S/C27H31FN4O3S/c1-35-23-5-2-4-20(14-23)27(34)32-17-22(15-25(32)26(33)30-12-11-29)31(18-24-6-3-13-36-24)16-19-7-9-21(28)10-8-19/h2-10,13-14,22,25H,11-12,15-18,29H2,1H3,(H,30,33). The molecule has 2 unspecified atom stereocenters. The quantitative estimate of drug-likeness (QED) is 0.437. The Labute approximate surface area is 214 Å². The van der Waals surface area contributed by atoms with Crippen molar-refractivity contribution in [1.29, 1.82) is 0 Å². The summed E-state index contributed by atoms with van der Waals surface area (Å²) in [5.41, 5.74) is 7.03. The van der Waals surface area contributed by atoms with Crippen molar-refractivity contribution in [3.8, 4) is 5.75 Å². The van der Waals surface area contributed by atoms with E-state index in [1.165, 1.54) is 17.0 Å². The molecule has 9 heteroatoms. The normalized spacial score (nSPS) is 17.4. The zero-order chi connectivity index (χ0) is 25.5. The maximum absolute atomic E-state index is 13.6. The lowest BCUT2D eigenvalue weighted by Crippen LogP contribution is -2.47. The second-order valence-corrected chi connectivity index (χ2v) is 9.82. The third-order valence-electron chi connectivity index (χ3n) is 6.36. The van der Waals surface area contributed by atoms with E-state index in [9.17, 15) is 14.0 Å². The summed E-state index contributed by atoms with van der Waals surface area (Å²) in [6.07, 6.45) is 0.485. The van der Waals surface area contributed by atoms with Gasteiger partial charge in [-0.25, -0.2) is 4.39 Å². The van der Waals surface area contributed by atoms with Crippen LogP contribution in [-0.2, 0) is 17.9 Å². The first kappa shape index (κ1) is 25.8. The van der Waals surface area contributed by atoms with Crippen LogP contribution in [0.5, 0.6) is 5.75 Å². The van der Waals surface area contributed by atoms with Crippen molar-refractivity contribution in [2.45, 2.75) is 31.6 Å². The molecule has 0 spiro atoms. The van der Waals surface area contributed by atoms with Gasteiger partial charge >= 0.3 is 0 Å². The molecule has 36 heavy (non-hydrogen) atoms. The highest BCUT2D eigenvalue weighted by Crippen LogP contribution is 2.29. The molecule has 1 aliphatic heterocycles. The predicted octanol–water partition coefficient (Wildman–Crippen LogP) is 3.26. The number of rotatable bonds is 10. The van der Waals surface area contributed by atoms with Gasteiger partial charge in [0.25, 0.3) is 5.91 Å². The summed E-state index contributed by atoms with van der Waals surface area (Å²) in [5, 5.41) is 4.88. The van der Waals surface area contributed by atoms with Crippen LogP contribution in [0.25, 0.3) is 0 Å². The Balaban J connectivity index is 1.61. The summed E-state index contributed by atoms with van der Waals surface area (Å²) in [5.74, 6) is -0.133. The van der Waals surface area contributed by atoms with Gasteiger partial charge in [-0.05, 0) is 53.8 Å². The highest BCUT2D eigenvalue weighted by molar-refractivity contribution is 7.09. The Morgan fingerprint density at radius 1 is 1.17 bits per heavy atom. The lowest BCUT2D eigenvalue weighted by atomic mass is 10.1. The molecule has 3 N–H and O–H groups in total. The van der Waals surface area contributed by atoms with Crippen LogP contribution in [0, 0.1) is 5.82 Å². The number of nitrogens with two attached hydrogens (primary N) is 1. The summed E-state index contributed by atoms with van der Waals surface area (Å²) in [7, 11) is 1.55. The monoisotopic (exact) mass is 510 g/mol. The molecule has 1 fully saturated rings. The summed E-state index contributed by atoms with van der Waals surface area (Å²) in [6.45, 7) is 2.29. The fourth-order valence-corrected chi connectivity index (χ4v) is 5.26. The van der Waals surface area contributed by atoms with E-state index in [4.69, 9.17) is 10.5 Å². The second-order valence-electron chi connectivity index (χ2n) is 8.79. The van der Waals surface area contributed by atoms with Gasteiger partial charge in [0.1, 0.15) is 17.6 Å². The lowest BCUT2D eigenvalue weighted by Gasteiger charge is -2.28. The number of likely N-dealkylation sites (tertiary alicyclic amines) is 1. The van der Waals surface area contributed by atoms with Crippen LogP contribution >= 0.6 is 11.3 Å². The Hall–Kier alpha value is -3.27. The van der Waals surface area contributed by atoms with Crippen LogP contribution in [0.3, 0.4) is 0 Å². The Morgan fingerprint density at radius 3 is 2.67 bits per heavy atom. The SMILES string of the molecule is COc1cccc(C(=O)N2CC(N(Cc3ccc(F)cc3)Cc3cccs3)CC2C(=O)NCCN)c1. The predicted molar refractivity (Wildman–Crippen MR) is 138 cm³/mol. The zero-order valence-electron chi connectivity index (χ0n) is 20.2. The number of carbonyl (C=O) groups is 2. The molecule has 2 heterocycles. The number of amides is 2. The first-order valence-electron chi connectivity index (χ1n) is 11.9. The second kappa shape index (κ2) is 12.1. The molecule has 1 aromatic heterocycles. The van der Waals surface area contributed by atoms with Crippen LogP contribution in [0.4, 0.5) is 4.39 Å². The Bertz CT molecular complexity index is 1160. The van der Waals surface area contributed by atoms with Crippen molar-refractivity contribution < 1.29 is 18.7 Å². The molecule has 0 radical (unpaired) electrons. The van der Waals surface area contributed by atoms with E-state index in [-0.39, 0.29) is 23.7 Å². The summed E-state index contributed by atoms with van der Waals surface area (Å²) in [6, 6.07) is 16.8. The molecule has 2 amide bonds. The van der Waals surface area contributed by atoms with Gasteiger partial charge in [0.05, 0.1) is 7.11 Å². The fraction of sp³-hybridized carbons (Fsp3) is 0.333. The van der Waals surface area contributed by atoms with Gasteiger partial charge < -0.3 is 20.7 Å².